The largest absolute Gasteiger partial charge is 0.338 e. The van der Waals surface area contributed by atoms with E-state index in [1.807, 2.05) is 20.8 Å². The molecule has 1 saturated heterocycles. The van der Waals surface area contributed by atoms with Crippen molar-refractivity contribution in [2.24, 2.45) is 11.1 Å². The second kappa shape index (κ2) is 6.61. The minimum absolute atomic E-state index is 0.133. The number of piperidine rings is 1. The molecule has 0 amide bonds. The van der Waals surface area contributed by atoms with E-state index in [2.05, 4.69) is 19.8 Å². The first kappa shape index (κ1) is 17.3. The average Bonchev–Trinajstić information content (AvgIpc) is 2.84. The molecule has 0 unspecified atom stereocenters. The fraction of sp³-hybridized carbons (Fsp3) is 0.846. The Morgan fingerprint density at radius 3 is 2.77 bits per heavy atom. The third-order valence-electron chi connectivity index (χ3n) is 3.67. The topological polar surface area (TPSA) is 114 Å². The van der Waals surface area contributed by atoms with Gasteiger partial charge in [-0.15, -0.1) is 0 Å². The van der Waals surface area contributed by atoms with E-state index in [4.69, 9.17) is 9.66 Å². The van der Waals surface area contributed by atoms with Crippen molar-refractivity contribution in [3.05, 3.63) is 11.7 Å². The highest BCUT2D eigenvalue weighted by atomic mass is 32.2. The van der Waals surface area contributed by atoms with Gasteiger partial charge in [0.25, 0.3) is 10.2 Å². The molecule has 8 nitrogen and oxygen atoms in total. The van der Waals surface area contributed by atoms with Crippen molar-refractivity contribution in [2.45, 2.75) is 45.6 Å². The van der Waals surface area contributed by atoms with Crippen molar-refractivity contribution in [3.8, 4) is 0 Å². The molecule has 0 aromatic carbocycles. The Bertz CT molecular complexity index is 593. The Balaban J connectivity index is 1.89. The minimum Gasteiger partial charge on any atom is -0.338 e. The Kier molecular flexibility index (Phi) is 5.21. The van der Waals surface area contributed by atoms with Gasteiger partial charge >= 0.3 is 0 Å². The van der Waals surface area contributed by atoms with Gasteiger partial charge in [-0.25, -0.2) is 9.86 Å². The lowest BCUT2D eigenvalue weighted by Crippen LogP contribution is -2.42. The van der Waals surface area contributed by atoms with Gasteiger partial charge in [-0.2, -0.15) is 13.4 Å². The molecule has 0 radical (unpaired) electrons. The van der Waals surface area contributed by atoms with Crippen molar-refractivity contribution < 1.29 is 12.9 Å². The van der Waals surface area contributed by atoms with Gasteiger partial charge in [0, 0.05) is 18.5 Å². The minimum atomic E-state index is -3.62. The zero-order valence-electron chi connectivity index (χ0n) is 13.4. The maximum atomic E-state index is 11.0. The van der Waals surface area contributed by atoms with E-state index in [9.17, 15) is 8.42 Å². The van der Waals surface area contributed by atoms with E-state index in [1.165, 1.54) is 0 Å². The summed E-state index contributed by atoms with van der Waals surface area (Å²) in [6.07, 6.45) is 1.99. The van der Waals surface area contributed by atoms with Crippen LogP contribution in [0.3, 0.4) is 0 Å². The van der Waals surface area contributed by atoms with Gasteiger partial charge in [-0.1, -0.05) is 25.9 Å². The van der Waals surface area contributed by atoms with Crippen LogP contribution >= 0.6 is 0 Å². The molecule has 9 heteroatoms. The van der Waals surface area contributed by atoms with Crippen LogP contribution in [0.4, 0.5) is 0 Å². The van der Waals surface area contributed by atoms with Crippen LogP contribution in [0.1, 0.15) is 45.3 Å². The number of nitrogens with one attached hydrogen (secondary N) is 1. The molecule has 22 heavy (non-hydrogen) atoms. The van der Waals surface area contributed by atoms with Crippen LogP contribution in [0.5, 0.6) is 0 Å². The van der Waals surface area contributed by atoms with Crippen LogP contribution in [-0.2, 0) is 22.2 Å². The van der Waals surface area contributed by atoms with Crippen molar-refractivity contribution >= 4 is 10.2 Å². The Morgan fingerprint density at radius 2 is 2.18 bits per heavy atom. The summed E-state index contributed by atoms with van der Waals surface area (Å²) in [4.78, 5) is 6.64. The second-order valence-corrected chi connectivity index (χ2v) is 8.28. The van der Waals surface area contributed by atoms with Crippen LogP contribution in [-0.4, -0.2) is 43.1 Å². The maximum absolute atomic E-state index is 11.0. The van der Waals surface area contributed by atoms with Gasteiger partial charge in [-0.3, -0.25) is 4.90 Å². The SMILES string of the molecule is CC(C)(C)c1noc(CN2CCC[C@@H](CNS(N)(=O)=O)C2)n1. The molecule has 1 aromatic heterocycles. The molecule has 1 fully saturated rings. The summed E-state index contributed by atoms with van der Waals surface area (Å²) in [6.45, 7) is 8.81. The summed E-state index contributed by atoms with van der Waals surface area (Å²) in [6, 6.07) is 0. The predicted molar refractivity (Wildman–Crippen MR) is 82.1 cm³/mol. The van der Waals surface area contributed by atoms with Gasteiger partial charge in [0.15, 0.2) is 5.82 Å². The van der Waals surface area contributed by atoms with Crippen LogP contribution in [0.15, 0.2) is 4.52 Å². The number of rotatable bonds is 5. The number of likely N-dealkylation sites (tertiary alicyclic amines) is 1. The third-order valence-corrected chi connectivity index (χ3v) is 4.24. The second-order valence-electron chi connectivity index (χ2n) is 6.90. The fourth-order valence-corrected chi connectivity index (χ4v) is 2.98. The van der Waals surface area contributed by atoms with Gasteiger partial charge in [0.2, 0.25) is 5.89 Å². The van der Waals surface area contributed by atoms with Crippen molar-refractivity contribution in [3.63, 3.8) is 0 Å². The average molecular weight is 331 g/mol. The highest BCUT2D eigenvalue weighted by molar-refractivity contribution is 7.87. The van der Waals surface area contributed by atoms with E-state index >= 15 is 0 Å². The van der Waals surface area contributed by atoms with Crippen LogP contribution in [0.2, 0.25) is 0 Å². The highest BCUT2D eigenvalue weighted by Crippen LogP contribution is 2.21. The number of hydrogen-bond acceptors (Lipinski definition) is 6. The van der Waals surface area contributed by atoms with E-state index in [-0.39, 0.29) is 11.3 Å². The molecule has 1 aliphatic heterocycles. The molecule has 0 spiro atoms. The normalized spacial score (nSPS) is 21.2. The molecule has 0 bridgehead atoms. The van der Waals surface area contributed by atoms with Gasteiger partial charge < -0.3 is 4.52 Å². The summed E-state index contributed by atoms with van der Waals surface area (Å²) in [5.74, 6) is 1.55. The first-order valence-corrected chi connectivity index (χ1v) is 9.01. The summed E-state index contributed by atoms with van der Waals surface area (Å²) in [7, 11) is -3.62. The first-order valence-electron chi connectivity index (χ1n) is 7.46. The van der Waals surface area contributed by atoms with Gasteiger partial charge in [0.05, 0.1) is 6.54 Å². The quantitative estimate of drug-likeness (QED) is 0.806. The molecule has 1 atom stereocenters. The van der Waals surface area contributed by atoms with E-state index in [0.717, 1.165) is 25.9 Å². The third kappa shape index (κ3) is 5.31. The van der Waals surface area contributed by atoms with Crippen molar-refractivity contribution in [1.82, 2.24) is 19.8 Å². The Labute approximate surface area is 131 Å². The monoisotopic (exact) mass is 331 g/mol. The van der Waals surface area contributed by atoms with Crippen LogP contribution < -0.4 is 9.86 Å². The highest BCUT2D eigenvalue weighted by Gasteiger charge is 2.25. The number of aromatic nitrogens is 2. The Hall–Kier alpha value is -1.03. The van der Waals surface area contributed by atoms with E-state index < -0.39 is 10.2 Å². The zero-order chi connectivity index (χ0) is 16.4. The van der Waals surface area contributed by atoms with Crippen LogP contribution in [0.25, 0.3) is 0 Å². The molecule has 2 rings (SSSR count). The molecule has 0 saturated carbocycles. The predicted octanol–water partition coefficient (Wildman–Crippen LogP) is 0.372. The molecule has 0 aliphatic carbocycles. The number of nitrogens with zero attached hydrogens (tertiary/aromatic N) is 3. The molecule has 2 heterocycles. The number of hydrogen-bond donors (Lipinski definition) is 2. The molecular weight excluding hydrogens is 306 g/mol. The maximum Gasteiger partial charge on any atom is 0.274 e. The molecule has 1 aliphatic rings. The van der Waals surface area contributed by atoms with Crippen molar-refractivity contribution in [1.29, 1.82) is 0 Å². The van der Waals surface area contributed by atoms with Gasteiger partial charge in [0.1, 0.15) is 0 Å². The van der Waals surface area contributed by atoms with Gasteiger partial charge in [-0.05, 0) is 25.3 Å². The summed E-state index contributed by atoms with van der Waals surface area (Å²) in [5.41, 5.74) is -0.133. The van der Waals surface area contributed by atoms with E-state index in [0.29, 0.717) is 24.8 Å². The molecular formula is C13H25N5O3S. The Morgan fingerprint density at radius 1 is 1.45 bits per heavy atom. The summed E-state index contributed by atoms with van der Waals surface area (Å²) in [5, 5.41) is 8.99. The molecule has 126 valence electrons. The lowest BCUT2D eigenvalue weighted by atomic mass is 9.96. The molecule has 3 N–H and O–H groups in total. The molecule has 1 aromatic rings. The summed E-state index contributed by atoms with van der Waals surface area (Å²) < 4.78 is 29.6. The first-order chi connectivity index (χ1) is 10.1. The van der Waals surface area contributed by atoms with Crippen molar-refractivity contribution in [2.75, 3.05) is 19.6 Å². The lowest BCUT2D eigenvalue weighted by molar-refractivity contribution is 0.151. The summed E-state index contributed by atoms with van der Waals surface area (Å²) >= 11 is 0. The van der Waals surface area contributed by atoms with Crippen LogP contribution in [0, 0.1) is 5.92 Å². The smallest absolute Gasteiger partial charge is 0.274 e. The zero-order valence-corrected chi connectivity index (χ0v) is 14.2. The fourth-order valence-electron chi connectivity index (χ4n) is 2.51. The number of nitrogens with two attached hydrogens (primary N) is 1. The lowest BCUT2D eigenvalue weighted by Gasteiger charge is -2.31. The van der Waals surface area contributed by atoms with E-state index in [1.54, 1.807) is 0 Å². The standard InChI is InChI=1S/C13H25N5O3S/c1-13(2,3)12-16-11(21-17-12)9-18-6-4-5-10(8-18)7-15-22(14,19)20/h10,15H,4-9H2,1-3H3,(H2,14,19,20)/t10-/m0/s1.